The molecule has 1 atom stereocenters. The summed E-state index contributed by atoms with van der Waals surface area (Å²) in [5.41, 5.74) is 2.45. The highest BCUT2D eigenvalue weighted by Crippen LogP contribution is 2.41. The van der Waals surface area contributed by atoms with E-state index < -0.39 is 6.10 Å². The van der Waals surface area contributed by atoms with Crippen molar-refractivity contribution in [1.29, 1.82) is 0 Å². The lowest BCUT2D eigenvalue weighted by molar-refractivity contribution is -0.123. The van der Waals surface area contributed by atoms with Gasteiger partial charge in [-0.2, -0.15) is 0 Å². The third-order valence-corrected chi connectivity index (χ3v) is 4.24. The van der Waals surface area contributed by atoms with E-state index in [1.165, 1.54) is 0 Å². The summed E-state index contributed by atoms with van der Waals surface area (Å²) < 4.78 is 0. The van der Waals surface area contributed by atoms with Crippen LogP contribution in [0.2, 0.25) is 5.02 Å². The zero-order valence-corrected chi connectivity index (χ0v) is 11.8. The molecule has 1 aromatic carbocycles. The highest BCUT2D eigenvalue weighted by atomic mass is 35.5. The molecule has 1 fully saturated rings. The lowest BCUT2D eigenvalue weighted by Gasteiger charge is -2.23. The molecular formula is C14H17ClN2O2. The van der Waals surface area contributed by atoms with Gasteiger partial charge in [0.25, 0.3) is 5.91 Å². The van der Waals surface area contributed by atoms with E-state index in [0.717, 1.165) is 25.2 Å². The molecule has 0 aliphatic carbocycles. The third-order valence-electron chi connectivity index (χ3n) is 3.94. The Morgan fingerprint density at radius 1 is 1.47 bits per heavy atom. The predicted octanol–water partition coefficient (Wildman–Crippen LogP) is 2.56. The van der Waals surface area contributed by atoms with Gasteiger partial charge in [-0.3, -0.25) is 4.79 Å². The highest BCUT2D eigenvalue weighted by molar-refractivity contribution is 6.33. The Hall–Kier alpha value is -1.26. The lowest BCUT2D eigenvalue weighted by Crippen LogP contribution is -2.23. The van der Waals surface area contributed by atoms with E-state index in [1.807, 2.05) is 6.07 Å². The van der Waals surface area contributed by atoms with E-state index in [0.29, 0.717) is 16.3 Å². The first-order valence-corrected chi connectivity index (χ1v) is 6.82. The van der Waals surface area contributed by atoms with Crippen LogP contribution in [0.4, 0.5) is 11.4 Å². The van der Waals surface area contributed by atoms with Gasteiger partial charge >= 0.3 is 0 Å². The molecule has 0 aromatic heterocycles. The van der Waals surface area contributed by atoms with Crippen LogP contribution in [0.3, 0.4) is 0 Å². The van der Waals surface area contributed by atoms with Gasteiger partial charge in [0, 0.05) is 24.3 Å². The number of aliphatic hydroxyl groups excluding tert-OH is 1. The number of halogens is 1. The number of benzene rings is 1. The fourth-order valence-corrected chi connectivity index (χ4v) is 3.11. The summed E-state index contributed by atoms with van der Waals surface area (Å²) >= 11 is 6.30. The van der Waals surface area contributed by atoms with Gasteiger partial charge in [-0.25, -0.2) is 0 Å². The average molecular weight is 281 g/mol. The fraction of sp³-hybridized carbons (Fsp3) is 0.500. The molecule has 1 amide bonds. The Bertz CT molecular complexity index is 557. The van der Waals surface area contributed by atoms with Crippen molar-refractivity contribution in [1.82, 2.24) is 0 Å². The Morgan fingerprint density at radius 3 is 2.84 bits per heavy atom. The molecule has 2 heterocycles. The highest BCUT2D eigenvalue weighted by Gasteiger charge is 2.33. The van der Waals surface area contributed by atoms with E-state index in [2.05, 4.69) is 24.1 Å². The van der Waals surface area contributed by atoms with Crippen LogP contribution in [0.25, 0.3) is 0 Å². The summed E-state index contributed by atoms with van der Waals surface area (Å²) in [4.78, 5) is 13.7. The monoisotopic (exact) mass is 280 g/mol. The molecule has 102 valence electrons. The van der Waals surface area contributed by atoms with Crippen molar-refractivity contribution in [2.24, 2.45) is 5.41 Å². The van der Waals surface area contributed by atoms with E-state index in [-0.39, 0.29) is 11.3 Å². The largest absolute Gasteiger partial charge is 0.378 e. The Kier molecular flexibility index (Phi) is 2.76. The first-order chi connectivity index (χ1) is 8.87. The number of fused-ring (bicyclic) bond motifs is 1. The zero-order chi connectivity index (χ0) is 13.8. The maximum atomic E-state index is 11.5. The summed E-state index contributed by atoms with van der Waals surface area (Å²) in [6, 6.07) is 3.56. The molecule has 0 saturated carbocycles. The minimum atomic E-state index is -1.10. The van der Waals surface area contributed by atoms with Gasteiger partial charge in [-0.05, 0) is 24.0 Å². The second-order valence-electron chi connectivity index (χ2n) is 6.12. The average Bonchev–Trinajstić information content (AvgIpc) is 2.81. The number of hydrogen-bond donors (Lipinski definition) is 2. The number of carbonyl (C=O) groups excluding carboxylic acids is 1. The van der Waals surface area contributed by atoms with Crippen molar-refractivity contribution in [3.05, 3.63) is 22.7 Å². The standard InChI is InChI=1S/C14H17ClN2O2/c1-14(2)3-4-17(7-14)11-6-10-8(5-9(11)15)12(18)13(19)16-10/h5-6,12,18H,3-4,7H2,1-2H3,(H,16,19). The number of nitrogens with one attached hydrogen (secondary N) is 1. The summed E-state index contributed by atoms with van der Waals surface area (Å²) in [5, 5.41) is 13.0. The van der Waals surface area contributed by atoms with Crippen LogP contribution in [0.1, 0.15) is 31.9 Å². The van der Waals surface area contributed by atoms with Crippen molar-refractivity contribution in [3.8, 4) is 0 Å². The maximum absolute atomic E-state index is 11.5. The molecule has 2 N–H and O–H groups in total. The van der Waals surface area contributed by atoms with Gasteiger partial charge in [0.1, 0.15) is 0 Å². The molecule has 2 aliphatic heterocycles. The van der Waals surface area contributed by atoms with Crippen molar-refractivity contribution < 1.29 is 9.90 Å². The van der Waals surface area contributed by atoms with Gasteiger partial charge in [-0.1, -0.05) is 25.4 Å². The lowest BCUT2D eigenvalue weighted by atomic mass is 9.93. The van der Waals surface area contributed by atoms with Gasteiger partial charge in [0.15, 0.2) is 6.10 Å². The molecule has 0 radical (unpaired) electrons. The van der Waals surface area contributed by atoms with Gasteiger partial charge in [-0.15, -0.1) is 0 Å². The second-order valence-corrected chi connectivity index (χ2v) is 6.53. The van der Waals surface area contributed by atoms with Crippen molar-refractivity contribution in [2.75, 3.05) is 23.3 Å². The van der Waals surface area contributed by atoms with E-state index in [4.69, 9.17) is 11.6 Å². The number of hydrogen-bond acceptors (Lipinski definition) is 3. The number of amides is 1. The fourth-order valence-electron chi connectivity index (χ4n) is 2.81. The summed E-state index contributed by atoms with van der Waals surface area (Å²) in [6.45, 7) is 6.38. The van der Waals surface area contributed by atoms with Gasteiger partial charge < -0.3 is 15.3 Å². The normalized spacial score (nSPS) is 24.5. The third kappa shape index (κ3) is 2.09. The molecular weight excluding hydrogens is 264 g/mol. The molecule has 19 heavy (non-hydrogen) atoms. The summed E-state index contributed by atoms with van der Waals surface area (Å²) in [6.07, 6.45) is 0.0200. The van der Waals surface area contributed by atoms with Crippen LogP contribution in [0.15, 0.2) is 12.1 Å². The number of rotatable bonds is 1. The summed E-state index contributed by atoms with van der Waals surface area (Å²) in [7, 11) is 0. The Morgan fingerprint density at radius 2 is 2.21 bits per heavy atom. The van der Waals surface area contributed by atoms with Crippen LogP contribution >= 0.6 is 11.6 Å². The topological polar surface area (TPSA) is 52.6 Å². The van der Waals surface area contributed by atoms with Crippen LogP contribution in [0.5, 0.6) is 0 Å². The zero-order valence-electron chi connectivity index (χ0n) is 11.0. The number of carbonyl (C=O) groups is 1. The molecule has 1 aromatic rings. The minimum absolute atomic E-state index is 0.283. The number of aliphatic hydroxyl groups is 1. The molecule has 5 heteroatoms. The second kappa shape index (κ2) is 4.12. The van der Waals surface area contributed by atoms with Crippen molar-refractivity contribution in [2.45, 2.75) is 26.4 Å². The van der Waals surface area contributed by atoms with Crippen molar-refractivity contribution in [3.63, 3.8) is 0 Å². The molecule has 1 unspecified atom stereocenters. The molecule has 3 rings (SSSR count). The predicted molar refractivity (Wildman–Crippen MR) is 75.7 cm³/mol. The van der Waals surface area contributed by atoms with Crippen LogP contribution in [-0.4, -0.2) is 24.1 Å². The number of nitrogens with zero attached hydrogens (tertiary/aromatic N) is 1. The van der Waals surface area contributed by atoms with E-state index in [9.17, 15) is 9.90 Å². The van der Waals surface area contributed by atoms with Crippen LogP contribution in [0, 0.1) is 5.41 Å². The molecule has 0 bridgehead atoms. The van der Waals surface area contributed by atoms with E-state index >= 15 is 0 Å². The first kappa shape index (κ1) is 12.8. The smallest absolute Gasteiger partial charge is 0.257 e. The van der Waals surface area contributed by atoms with E-state index in [1.54, 1.807) is 6.07 Å². The van der Waals surface area contributed by atoms with Crippen molar-refractivity contribution >= 4 is 28.9 Å². The van der Waals surface area contributed by atoms with Crippen LogP contribution in [-0.2, 0) is 4.79 Å². The maximum Gasteiger partial charge on any atom is 0.257 e. The summed E-state index contributed by atoms with van der Waals surface area (Å²) in [5.74, 6) is -0.384. The number of anilines is 2. The molecule has 1 saturated heterocycles. The molecule has 4 nitrogen and oxygen atoms in total. The Balaban J connectivity index is 1.97. The first-order valence-electron chi connectivity index (χ1n) is 6.45. The van der Waals surface area contributed by atoms with Crippen LogP contribution < -0.4 is 10.2 Å². The molecule has 0 spiro atoms. The quantitative estimate of drug-likeness (QED) is 0.831. The Labute approximate surface area is 117 Å². The minimum Gasteiger partial charge on any atom is -0.378 e. The van der Waals surface area contributed by atoms with Gasteiger partial charge in [0.2, 0.25) is 0 Å². The van der Waals surface area contributed by atoms with Gasteiger partial charge in [0.05, 0.1) is 10.7 Å². The SMILES string of the molecule is CC1(C)CCN(c2cc3c(cc2Cl)C(O)C(=O)N3)C1. The molecule has 2 aliphatic rings.